The molecule has 5 rings (SSSR count). The number of aryl methyl sites for hydroxylation is 1. The Labute approximate surface area is 250 Å². The van der Waals surface area contributed by atoms with Gasteiger partial charge < -0.3 is 9.80 Å². The van der Waals surface area contributed by atoms with Crippen LogP contribution in [0.5, 0.6) is 0 Å². The van der Waals surface area contributed by atoms with E-state index in [2.05, 4.69) is 16.5 Å². The molecule has 4 heterocycles. The highest BCUT2D eigenvalue weighted by Gasteiger charge is 2.34. The summed E-state index contributed by atoms with van der Waals surface area (Å²) < 4.78 is 15.7. The minimum Gasteiger partial charge on any atom is -0.349 e. The number of fused-ring (bicyclic) bond motifs is 1. The summed E-state index contributed by atoms with van der Waals surface area (Å²) in [6.07, 6.45) is 3.03. The van der Waals surface area contributed by atoms with Gasteiger partial charge >= 0.3 is 5.69 Å². The zero-order chi connectivity index (χ0) is 29.6. The van der Waals surface area contributed by atoms with Gasteiger partial charge in [0, 0.05) is 36.9 Å². The van der Waals surface area contributed by atoms with Gasteiger partial charge in [-0.1, -0.05) is 51.6 Å². The van der Waals surface area contributed by atoms with Crippen LogP contribution in [0.4, 0.5) is 10.2 Å². The maximum Gasteiger partial charge on any atom is 0.355 e. The molecule has 220 valence electrons. The molecule has 8 nitrogen and oxygen atoms in total. The van der Waals surface area contributed by atoms with Crippen molar-refractivity contribution in [1.82, 2.24) is 24.4 Å². The number of nitrogens with zero attached hydrogens (tertiary/aromatic N) is 6. The quantitative estimate of drug-likeness (QED) is 0.253. The predicted molar refractivity (Wildman–Crippen MR) is 167 cm³/mol. The van der Waals surface area contributed by atoms with Gasteiger partial charge in [0.2, 0.25) is 5.91 Å². The van der Waals surface area contributed by atoms with Crippen molar-refractivity contribution in [2.45, 2.75) is 60.0 Å². The minimum atomic E-state index is -0.519. The number of piperazine rings is 1. The molecule has 42 heavy (non-hydrogen) atoms. The van der Waals surface area contributed by atoms with Crippen LogP contribution in [0.1, 0.15) is 52.3 Å². The highest BCUT2D eigenvalue weighted by Crippen LogP contribution is 2.36. The summed E-state index contributed by atoms with van der Waals surface area (Å²) in [4.78, 5) is 44.3. The van der Waals surface area contributed by atoms with E-state index in [1.165, 1.54) is 22.8 Å². The van der Waals surface area contributed by atoms with Crippen molar-refractivity contribution in [3.8, 4) is 16.9 Å². The number of aromatic nitrogens is 4. The average Bonchev–Trinajstić information content (AvgIpc) is 2.93. The van der Waals surface area contributed by atoms with Crippen LogP contribution < -0.4 is 10.6 Å². The van der Waals surface area contributed by atoms with Crippen LogP contribution in [0, 0.1) is 12.7 Å². The molecule has 1 amide bonds. The Morgan fingerprint density at radius 3 is 2.55 bits per heavy atom. The Kier molecular flexibility index (Phi) is 8.82. The lowest BCUT2D eigenvalue weighted by Crippen LogP contribution is -2.58. The fourth-order valence-corrected chi connectivity index (χ4v) is 5.76. The third kappa shape index (κ3) is 5.41. The molecule has 1 aliphatic rings. The van der Waals surface area contributed by atoms with Gasteiger partial charge in [-0.25, -0.2) is 18.7 Å². The number of anilines is 1. The first-order valence-electron chi connectivity index (χ1n) is 13.6. The molecule has 0 N–H and O–H groups in total. The monoisotopic (exact) mass is 590 g/mol. The Hall–Kier alpha value is -4.11. The fraction of sp³-hybridized carbons (Fsp3) is 0.344. The SMILES string of the molecule is C.C=CC(=O)N1C[C@H](C)N(c2nc(=O)n(-c3c(C)ccnc3C(C)C)c3nc(-c4cccc(F)c4)c(Cl)cc23)C[C@H]1C. The molecule has 1 aromatic carbocycles. The van der Waals surface area contributed by atoms with E-state index >= 15 is 0 Å². The Bertz CT molecular complexity index is 1740. The first kappa shape index (κ1) is 30.8. The largest absolute Gasteiger partial charge is 0.355 e. The number of pyridine rings is 2. The molecule has 1 fully saturated rings. The molecule has 0 radical (unpaired) electrons. The summed E-state index contributed by atoms with van der Waals surface area (Å²) in [6, 6.07) is 9.30. The third-order valence-electron chi connectivity index (χ3n) is 7.54. The second-order valence-electron chi connectivity index (χ2n) is 10.8. The summed E-state index contributed by atoms with van der Waals surface area (Å²) >= 11 is 6.81. The van der Waals surface area contributed by atoms with E-state index in [9.17, 15) is 14.0 Å². The van der Waals surface area contributed by atoms with Crippen molar-refractivity contribution >= 4 is 34.4 Å². The van der Waals surface area contributed by atoms with Gasteiger partial charge in [0.1, 0.15) is 11.6 Å². The van der Waals surface area contributed by atoms with Crippen LogP contribution >= 0.6 is 11.6 Å². The highest BCUT2D eigenvalue weighted by atomic mass is 35.5. The topological polar surface area (TPSA) is 84.2 Å². The van der Waals surface area contributed by atoms with Crippen molar-refractivity contribution in [2.75, 3.05) is 18.0 Å². The van der Waals surface area contributed by atoms with Crippen molar-refractivity contribution in [2.24, 2.45) is 0 Å². The molecule has 1 saturated heterocycles. The van der Waals surface area contributed by atoms with Crippen LogP contribution in [0.3, 0.4) is 0 Å². The molecule has 1 aliphatic heterocycles. The van der Waals surface area contributed by atoms with Crippen molar-refractivity contribution in [3.63, 3.8) is 0 Å². The van der Waals surface area contributed by atoms with Crippen molar-refractivity contribution < 1.29 is 9.18 Å². The van der Waals surface area contributed by atoms with Gasteiger partial charge in [-0.15, -0.1) is 0 Å². The zero-order valence-electron chi connectivity index (χ0n) is 23.7. The second kappa shape index (κ2) is 12.0. The first-order valence-corrected chi connectivity index (χ1v) is 13.9. The van der Waals surface area contributed by atoms with Gasteiger partial charge in [-0.3, -0.25) is 9.78 Å². The number of benzene rings is 1. The number of halogens is 2. The molecule has 0 spiro atoms. The van der Waals surface area contributed by atoms with E-state index in [0.717, 1.165) is 11.3 Å². The smallest absolute Gasteiger partial charge is 0.349 e. The van der Waals surface area contributed by atoms with Crippen LogP contribution in [0.25, 0.3) is 28.0 Å². The first-order chi connectivity index (χ1) is 19.5. The van der Waals surface area contributed by atoms with E-state index in [1.54, 1.807) is 29.3 Å². The molecule has 0 saturated carbocycles. The van der Waals surface area contributed by atoms with Crippen molar-refractivity contribution in [3.05, 3.63) is 87.8 Å². The molecule has 2 atom stereocenters. The molecule has 0 unspecified atom stereocenters. The number of carbonyl (C=O) groups excluding carboxylic acids is 1. The standard InChI is InChI=1S/C31H32ClFN6O2.CH4/c1-7-25(40)37-15-20(6)38(16-19(37)5)29-23-14-24(32)27(21-9-8-10-22(33)13-21)35-30(23)39(31(41)36-29)28-18(4)11-12-34-26(28)17(2)3;/h7-14,17,19-20H,1,15-16H2,2-6H3;1H4/t19-,20+;/m1./s1. The lowest BCUT2D eigenvalue weighted by Gasteiger charge is -2.44. The predicted octanol–water partition coefficient (Wildman–Crippen LogP) is 6.31. The number of rotatable bonds is 5. The van der Waals surface area contributed by atoms with Crippen LogP contribution in [0.15, 0.2) is 60.0 Å². The van der Waals surface area contributed by atoms with E-state index in [-0.39, 0.29) is 31.3 Å². The molecule has 3 aromatic heterocycles. The lowest BCUT2D eigenvalue weighted by atomic mass is 10.0. The average molecular weight is 591 g/mol. The maximum absolute atomic E-state index is 14.2. The normalized spacial score (nSPS) is 17.0. The fourth-order valence-electron chi connectivity index (χ4n) is 5.50. The lowest BCUT2D eigenvalue weighted by molar-refractivity contribution is -0.128. The summed E-state index contributed by atoms with van der Waals surface area (Å²) in [6.45, 7) is 14.4. The number of carbonyl (C=O) groups is 1. The Morgan fingerprint density at radius 1 is 1.14 bits per heavy atom. The molecular weight excluding hydrogens is 555 g/mol. The summed E-state index contributed by atoms with van der Waals surface area (Å²) in [7, 11) is 0. The minimum absolute atomic E-state index is 0. The maximum atomic E-state index is 14.2. The van der Waals surface area contributed by atoms with E-state index in [1.807, 2.05) is 45.6 Å². The van der Waals surface area contributed by atoms with Gasteiger partial charge in [0.15, 0.2) is 5.65 Å². The van der Waals surface area contributed by atoms with Crippen LogP contribution in [-0.2, 0) is 4.79 Å². The second-order valence-corrected chi connectivity index (χ2v) is 11.2. The van der Waals surface area contributed by atoms with E-state index in [4.69, 9.17) is 16.6 Å². The third-order valence-corrected chi connectivity index (χ3v) is 7.83. The van der Waals surface area contributed by atoms with Gasteiger partial charge in [-0.05, 0) is 62.6 Å². The number of amides is 1. The summed E-state index contributed by atoms with van der Waals surface area (Å²) in [5.74, 6) is -0.125. The van der Waals surface area contributed by atoms with Crippen LogP contribution in [-0.4, -0.2) is 55.5 Å². The van der Waals surface area contributed by atoms with Gasteiger partial charge in [-0.2, -0.15) is 4.98 Å². The molecule has 4 aromatic rings. The van der Waals surface area contributed by atoms with Gasteiger partial charge in [0.25, 0.3) is 0 Å². The van der Waals surface area contributed by atoms with E-state index in [0.29, 0.717) is 51.9 Å². The highest BCUT2D eigenvalue weighted by molar-refractivity contribution is 6.33. The van der Waals surface area contributed by atoms with E-state index < -0.39 is 11.5 Å². The zero-order valence-corrected chi connectivity index (χ0v) is 24.5. The van der Waals surface area contributed by atoms with Crippen molar-refractivity contribution in [1.29, 1.82) is 0 Å². The molecule has 0 bridgehead atoms. The van der Waals surface area contributed by atoms with Crippen LogP contribution in [0.2, 0.25) is 5.02 Å². The molecule has 0 aliphatic carbocycles. The Morgan fingerprint density at radius 2 is 1.88 bits per heavy atom. The number of hydrogen-bond acceptors (Lipinski definition) is 6. The summed E-state index contributed by atoms with van der Waals surface area (Å²) in [5.41, 5.74) is 2.83. The number of hydrogen-bond donors (Lipinski definition) is 0. The molecule has 10 heteroatoms. The Balaban J connectivity index is 0.00000405. The molecular formula is C32H36ClFN6O2. The summed E-state index contributed by atoms with van der Waals surface area (Å²) in [5, 5.41) is 0.861. The van der Waals surface area contributed by atoms with Gasteiger partial charge in [0.05, 0.1) is 27.5 Å².